The van der Waals surface area contributed by atoms with Gasteiger partial charge in [0.1, 0.15) is 0 Å². The van der Waals surface area contributed by atoms with E-state index in [2.05, 4.69) is 31.2 Å². The molecule has 1 aliphatic rings. The van der Waals surface area contributed by atoms with Crippen LogP contribution in [0.2, 0.25) is 0 Å². The summed E-state index contributed by atoms with van der Waals surface area (Å²) in [5.41, 5.74) is 3.00. The number of benzene rings is 1. The van der Waals surface area contributed by atoms with E-state index in [1.807, 2.05) is 0 Å². The van der Waals surface area contributed by atoms with Gasteiger partial charge in [-0.3, -0.25) is 0 Å². The molecule has 0 bridgehead atoms. The Morgan fingerprint density at radius 3 is 2.33 bits per heavy atom. The van der Waals surface area contributed by atoms with E-state index in [1.54, 1.807) is 12.7 Å². The van der Waals surface area contributed by atoms with Crippen LogP contribution >= 0.6 is 0 Å². The lowest BCUT2D eigenvalue weighted by atomic mass is 9.79. The summed E-state index contributed by atoms with van der Waals surface area (Å²) in [6, 6.07) is 9.32. The normalized spacial score (nSPS) is 24.1. The zero-order valence-electron chi connectivity index (χ0n) is 11.8. The van der Waals surface area contributed by atoms with Crippen LogP contribution < -0.4 is 0 Å². The average Bonchev–Trinajstić information content (AvgIpc) is 2.41. The van der Waals surface area contributed by atoms with Gasteiger partial charge in [-0.2, -0.15) is 0 Å². The van der Waals surface area contributed by atoms with Crippen LogP contribution in [0.3, 0.4) is 0 Å². The Morgan fingerprint density at radius 2 is 1.72 bits per heavy atom. The van der Waals surface area contributed by atoms with Gasteiger partial charge in [-0.1, -0.05) is 44.0 Å². The smallest absolute Gasteiger partial charge is 0.0465 e. The quantitative estimate of drug-likeness (QED) is 0.692. The van der Waals surface area contributed by atoms with Crippen molar-refractivity contribution >= 4 is 0 Å². The van der Waals surface area contributed by atoms with Gasteiger partial charge >= 0.3 is 0 Å². The molecule has 0 aromatic heterocycles. The van der Waals surface area contributed by atoms with Gasteiger partial charge in [0.05, 0.1) is 0 Å². The molecule has 0 heterocycles. The monoisotopic (exact) mass is 246 g/mol. The fraction of sp³-hybridized carbons (Fsp3) is 0.647. The molecule has 2 rings (SSSR count). The van der Waals surface area contributed by atoms with Crippen molar-refractivity contribution < 1.29 is 4.74 Å². The molecule has 0 unspecified atom stereocenters. The molecule has 0 aliphatic heterocycles. The molecule has 1 aromatic rings. The Balaban J connectivity index is 1.87. The van der Waals surface area contributed by atoms with Crippen molar-refractivity contribution in [3.63, 3.8) is 0 Å². The van der Waals surface area contributed by atoms with Crippen LogP contribution in [0.5, 0.6) is 0 Å². The topological polar surface area (TPSA) is 9.23 Å². The van der Waals surface area contributed by atoms with E-state index in [0.717, 1.165) is 31.3 Å². The van der Waals surface area contributed by atoms with Gasteiger partial charge in [0, 0.05) is 13.7 Å². The maximum absolute atomic E-state index is 5.09. The highest BCUT2D eigenvalue weighted by Crippen LogP contribution is 2.35. The van der Waals surface area contributed by atoms with Crippen LogP contribution in [-0.2, 0) is 11.2 Å². The minimum absolute atomic E-state index is 0.814. The molecule has 0 atom stereocenters. The molecule has 18 heavy (non-hydrogen) atoms. The van der Waals surface area contributed by atoms with Crippen LogP contribution in [0.4, 0.5) is 0 Å². The SMILES string of the molecule is COCCCc1ccc(C2CCC(C)CC2)cc1. The molecule has 100 valence electrons. The van der Waals surface area contributed by atoms with Crippen molar-refractivity contribution in [3.05, 3.63) is 35.4 Å². The highest BCUT2D eigenvalue weighted by atomic mass is 16.5. The van der Waals surface area contributed by atoms with Gasteiger partial charge in [0.25, 0.3) is 0 Å². The molecular formula is C17H26O. The van der Waals surface area contributed by atoms with E-state index in [-0.39, 0.29) is 0 Å². The second-order valence-electron chi connectivity index (χ2n) is 5.79. The molecule has 0 spiro atoms. The molecule has 0 saturated heterocycles. The minimum atomic E-state index is 0.814. The first-order valence-corrected chi connectivity index (χ1v) is 7.37. The largest absolute Gasteiger partial charge is 0.385 e. The Hall–Kier alpha value is -0.820. The molecule has 1 aromatic carbocycles. The Bertz CT molecular complexity index is 333. The highest BCUT2D eigenvalue weighted by Gasteiger charge is 2.19. The Morgan fingerprint density at radius 1 is 1.06 bits per heavy atom. The van der Waals surface area contributed by atoms with E-state index in [9.17, 15) is 0 Å². The molecule has 1 nitrogen and oxygen atoms in total. The fourth-order valence-electron chi connectivity index (χ4n) is 2.97. The summed E-state index contributed by atoms with van der Waals surface area (Å²) >= 11 is 0. The molecule has 1 saturated carbocycles. The summed E-state index contributed by atoms with van der Waals surface area (Å²) in [5.74, 6) is 1.75. The van der Waals surface area contributed by atoms with Crippen molar-refractivity contribution in [1.82, 2.24) is 0 Å². The van der Waals surface area contributed by atoms with E-state index in [1.165, 1.54) is 31.2 Å². The number of aryl methyl sites for hydroxylation is 1. The predicted molar refractivity (Wildman–Crippen MR) is 77.0 cm³/mol. The summed E-state index contributed by atoms with van der Waals surface area (Å²) < 4.78 is 5.09. The summed E-state index contributed by atoms with van der Waals surface area (Å²) in [6.07, 6.45) is 7.82. The zero-order chi connectivity index (χ0) is 12.8. The number of methoxy groups -OCH3 is 1. The number of hydrogen-bond acceptors (Lipinski definition) is 1. The third-order valence-corrected chi connectivity index (χ3v) is 4.28. The van der Waals surface area contributed by atoms with Crippen molar-refractivity contribution in [3.8, 4) is 0 Å². The van der Waals surface area contributed by atoms with Crippen LogP contribution in [0.25, 0.3) is 0 Å². The van der Waals surface area contributed by atoms with Gasteiger partial charge in [-0.05, 0) is 48.6 Å². The number of ether oxygens (including phenoxy) is 1. The fourth-order valence-corrected chi connectivity index (χ4v) is 2.97. The maximum atomic E-state index is 5.09. The Labute approximate surface area is 112 Å². The number of rotatable bonds is 5. The van der Waals surface area contributed by atoms with E-state index in [4.69, 9.17) is 4.74 Å². The van der Waals surface area contributed by atoms with Gasteiger partial charge < -0.3 is 4.74 Å². The average molecular weight is 246 g/mol. The summed E-state index contributed by atoms with van der Waals surface area (Å²) in [4.78, 5) is 0. The van der Waals surface area contributed by atoms with Crippen molar-refractivity contribution in [1.29, 1.82) is 0 Å². The van der Waals surface area contributed by atoms with Gasteiger partial charge in [0.2, 0.25) is 0 Å². The van der Waals surface area contributed by atoms with Crippen LogP contribution in [0.15, 0.2) is 24.3 Å². The molecule has 1 aliphatic carbocycles. The van der Waals surface area contributed by atoms with Crippen LogP contribution in [-0.4, -0.2) is 13.7 Å². The molecule has 0 N–H and O–H groups in total. The van der Waals surface area contributed by atoms with Crippen LogP contribution in [0, 0.1) is 5.92 Å². The lowest BCUT2D eigenvalue weighted by Crippen LogP contribution is -2.10. The lowest BCUT2D eigenvalue weighted by molar-refractivity contribution is 0.195. The highest BCUT2D eigenvalue weighted by molar-refractivity contribution is 5.25. The van der Waals surface area contributed by atoms with E-state index in [0.29, 0.717) is 0 Å². The molecule has 0 amide bonds. The Kier molecular flexibility index (Phi) is 5.25. The minimum Gasteiger partial charge on any atom is -0.385 e. The third-order valence-electron chi connectivity index (χ3n) is 4.28. The maximum Gasteiger partial charge on any atom is 0.0465 e. The lowest BCUT2D eigenvalue weighted by Gasteiger charge is -2.26. The molecule has 1 fully saturated rings. The summed E-state index contributed by atoms with van der Waals surface area (Å²) in [6.45, 7) is 3.25. The predicted octanol–water partition coefficient (Wildman–Crippen LogP) is 4.56. The van der Waals surface area contributed by atoms with Crippen molar-refractivity contribution in [2.24, 2.45) is 5.92 Å². The second-order valence-corrected chi connectivity index (χ2v) is 5.79. The molecule has 0 radical (unpaired) electrons. The summed E-state index contributed by atoms with van der Waals surface area (Å²) in [7, 11) is 1.77. The van der Waals surface area contributed by atoms with Crippen LogP contribution in [0.1, 0.15) is 56.1 Å². The van der Waals surface area contributed by atoms with E-state index >= 15 is 0 Å². The first kappa shape index (κ1) is 13.6. The second kappa shape index (κ2) is 6.94. The zero-order valence-corrected chi connectivity index (χ0v) is 11.8. The first-order chi connectivity index (χ1) is 8.79. The van der Waals surface area contributed by atoms with Crippen molar-refractivity contribution in [2.45, 2.75) is 51.4 Å². The van der Waals surface area contributed by atoms with Crippen molar-refractivity contribution in [2.75, 3.05) is 13.7 Å². The first-order valence-electron chi connectivity index (χ1n) is 7.37. The van der Waals surface area contributed by atoms with Gasteiger partial charge in [-0.25, -0.2) is 0 Å². The summed E-state index contributed by atoms with van der Waals surface area (Å²) in [5, 5.41) is 0. The van der Waals surface area contributed by atoms with Gasteiger partial charge in [-0.15, -0.1) is 0 Å². The number of hydrogen-bond donors (Lipinski definition) is 0. The third kappa shape index (κ3) is 3.84. The van der Waals surface area contributed by atoms with Gasteiger partial charge in [0.15, 0.2) is 0 Å². The van der Waals surface area contributed by atoms with E-state index < -0.39 is 0 Å². The molecular weight excluding hydrogens is 220 g/mol. The standard InChI is InChI=1S/C17H26O/c1-14-5-9-16(10-6-14)17-11-7-15(8-12-17)4-3-13-18-2/h7-8,11-12,14,16H,3-6,9-10,13H2,1-2H3. The molecule has 1 heteroatoms.